The van der Waals surface area contributed by atoms with Crippen LogP contribution in [-0.2, 0) is 18.1 Å². The summed E-state index contributed by atoms with van der Waals surface area (Å²) in [7, 11) is -2.60. The third-order valence-corrected chi connectivity index (χ3v) is 5.37. The first-order chi connectivity index (χ1) is 8.64. The zero-order valence-electron chi connectivity index (χ0n) is 12.1. The molecule has 0 aliphatic carbocycles. The van der Waals surface area contributed by atoms with Crippen LogP contribution in [-0.4, -0.2) is 41.1 Å². The molecule has 0 fully saturated rings. The maximum Gasteiger partial charge on any atom is 0.502 e. The summed E-state index contributed by atoms with van der Waals surface area (Å²) in [6.45, 7) is 10.0. The fourth-order valence-electron chi connectivity index (χ4n) is 1.67. The molecule has 1 amide bonds. The maximum absolute atomic E-state index is 11.4. The molecule has 0 spiro atoms. The van der Waals surface area contributed by atoms with Crippen molar-refractivity contribution in [2.24, 2.45) is 0 Å². The summed E-state index contributed by atoms with van der Waals surface area (Å²) >= 11 is 0. The van der Waals surface area contributed by atoms with E-state index in [2.05, 4.69) is 5.32 Å². The molecule has 0 heterocycles. The van der Waals surface area contributed by atoms with E-state index in [0.717, 1.165) is 6.42 Å². The number of hydrogen-bond acceptors (Lipinski definition) is 4. The predicted molar refractivity (Wildman–Crippen MR) is 73.4 cm³/mol. The molecule has 0 rings (SSSR count). The Morgan fingerprint density at radius 2 is 1.50 bits per heavy atom. The minimum atomic E-state index is -2.60. The minimum absolute atomic E-state index is 0.0740. The molecule has 0 unspecified atom stereocenters. The Balaban J connectivity index is 4.24. The Morgan fingerprint density at radius 1 is 1.00 bits per heavy atom. The summed E-state index contributed by atoms with van der Waals surface area (Å²) in [4.78, 5) is 11.4. The number of carbonyl (C=O) groups excluding carboxylic acids is 1. The van der Waals surface area contributed by atoms with E-state index in [9.17, 15) is 4.79 Å². The van der Waals surface area contributed by atoms with Gasteiger partial charge in [0.05, 0.1) is 0 Å². The number of rotatable bonds is 11. The highest BCUT2D eigenvalue weighted by atomic mass is 28.4. The minimum Gasteiger partial charge on any atom is -0.374 e. The van der Waals surface area contributed by atoms with E-state index in [1.54, 1.807) is 0 Å². The second kappa shape index (κ2) is 10.5. The fourth-order valence-corrected chi connectivity index (χ4v) is 4.11. The highest BCUT2D eigenvalue weighted by Crippen LogP contribution is 2.15. The Hall–Kier alpha value is -0.433. The lowest BCUT2D eigenvalue weighted by Gasteiger charge is -2.28. The van der Waals surface area contributed by atoms with Gasteiger partial charge in [-0.3, -0.25) is 4.79 Å². The SMILES string of the molecule is CCCC(=O)NCC[Si](OCC)(OCC)OCC. The first-order valence-corrected chi connectivity index (χ1v) is 8.75. The maximum atomic E-state index is 11.4. The smallest absolute Gasteiger partial charge is 0.374 e. The molecule has 0 aliphatic rings. The molecule has 0 aromatic carbocycles. The monoisotopic (exact) mass is 277 g/mol. The molecule has 0 saturated heterocycles. The van der Waals surface area contributed by atoms with Gasteiger partial charge in [-0.2, -0.15) is 0 Å². The van der Waals surface area contributed by atoms with Gasteiger partial charge in [-0.25, -0.2) is 0 Å². The molecule has 0 aromatic heterocycles. The van der Waals surface area contributed by atoms with Crippen molar-refractivity contribution in [3.63, 3.8) is 0 Å². The van der Waals surface area contributed by atoms with E-state index in [-0.39, 0.29) is 5.91 Å². The van der Waals surface area contributed by atoms with Gasteiger partial charge in [-0.05, 0) is 27.2 Å². The molecule has 0 bridgehead atoms. The van der Waals surface area contributed by atoms with Gasteiger partial charge in [0.15, 0.2) is 0 Å². The van der Waals surface area contributed by atoms with Crippen LogP contribution < -0.4 is 5.32 Å². The normalized spacial score (nSPS) is 11.6. The van der Waals surface area contributed by atoms with Crippen molar-refractivity contribution in [1.82, 2.24) is 5.32 Å². The summed E-state index contributed by atoms with van der Waals surface area (Å²) in [5, 5.41) is 2.87. The molecule has 0 atom stereocenters. The van der Waals surface area contributed by atoms with E-state index in [1.807, 2.05) is 27.7 Å². The lowest BCUT2D eigenvalue weighted by Crippen LogP contribution is -2.48. The van der Waals surface area contributed by atoms with Crippen LogP contribution in [0, 0.1) is 0 Å². The van der Waals surface area contributed by atoms with Crippen molar-refractivity contribution < 1.29 is 18.1 Å². The van der Waals surface area contributed by atoms with E-state index >= 15 is 0 Å². The average Bonchev–Trinajstić information content (AvgIpc) is 2.30. The van der Waals surface area contributed by atoms with Crippen LogP contribution in [0.4, 0.5) is 0 Å². The first-order valence-electron chi connectivity index (χ1n) is 6.82. The van der Waals surface area contributed by atoms with Crippen LogP contribution in [0.2, 0.25) is 6.04 Å². The lowest BCUT2D eigenvalue weighted by atomic mass is 10.3. The average molecular weight is 277 g/mol. The predicted octanol–water partition coefficient (Wildman–Crippen LogP) is 1.95. The summed E-state index contributed by atoms with van der Waals surface area (Å²) < 4.78 is 17.1. The zero-order valence-corrected chi connectivity index (χ0v) is 13.1. The molecule has 0 aliphatic heterocycles. The van der Waals surface area contributed by atoms with Gasteiger partial charge in [-0.15, -0.1) is 0 Å². The molecule has 6 heteroatoms. The van der Waals surface area contributed by atoms with Crippen molar-refractivity contribution in [3.05, 3.63) is 0 Å². The lowest BCUT2D eigenvalue weighted by molar-refractivity contribution is -0.121. The summed E-state index contributed by atoms with van der Waals surface area (Å²) in [6.07, 6.45) is 1.42. The van der Waals surface area contributed by atoms with Crippen molar-refractivity contribution in [2.45, 2.75) is 46.6 Å². The Morgan fingerprint density at radius 3 is 1.89 bits per heavy atom. The highest BCUT2D eigenvalue weighted by Gasteiger charge is 2.39. The van der Waals surface area contributed by atoms with Gasteiger partial charge in [-0.1, -0.05) is 6.92 Å². The van der Waals surface area contributed by atoms with E-state index in [1.165, 1.54) is 0 Å². The molecule has 0 radical (unpaired) electrons. The molecular weight excluding hydrogens is 250 g/mol. The van der Waals surface area contributed by atoms with E-state index < -0.39 is 8.80 Å². The highest BCUT2D eigenvalue weighted by molar-refractivity contribution is 6.60. The van der Waals surface area contributed by atoms with Gasteiger partial charge >= 0.3 is 8.80 Å². The van der Waals surface area contributed by atoms with Gasteiger partial charge in [0.1, 0.15) is 0 Å². The second-order valence-corrected chi connectivity index (χ2v) is 6.56. The molecular formula is C12H27NO4Si. The van der Waals surface area contributed by atoms with Crippen LogP contribution in [0.3, 0.4) is 0 Å². The van der Waals surface area contributed by atoms with Crippen LogP contribution in [0.5, 0.6) is 0 Å². The summed E-state index contributed by atoms with van der Waals surface area (Å²) in [5.74, 6) is 0.0740. The number of carbonyl (C=O) groups is 1. The number of nitrogens with one attached hydrogen (secondary N) is 1. The molecule has 108 valence electrons. The zero-order chi connectivity index (χ0) is 13.9. The molecule has 18 heavy (non-hydrogen) atoms. The summed E-state index contributed by atoms with van der Waals surface area (Å²) in [6, 6.07) is 0.623. The van der Waals surface area contributed by atoms with Crippen molar-refractivity contribution in [1.29, 1.82) is 0 Å². The molecule has 1 N–H and O–H groups in total. The fraction of sp³-hybridized carbons (Fsp3) is 0.917. The van der Waals surface area contributed by atoms with Crippen LogP contribution in [0.1, 0.15) is 40.5 Å². The molecule has 0 aromatic rings. The van der Waals surface area contributed by atoms with Crippen molar-refractivity contribution in [2.75, 3.05) is 26.4 Å². The molecule has 5 nitrogen and oxygen atoms in total. The van der Waals surface area contributed by atoms with Crippen molar-refractivity contribution in [3.8, 4) is 0 Å². The Labute approximate surface area is 112 Å². The number of amides is 1. The summed E-state index contributed by atoms with van der Waals surface area (Å²) in [5.41, 5.74) is 0. The topological polar surface area (TPSA) is 56.8 Å². The molecule has 0 saturated carbocycles. The Kier molecular flexibility index (Phi) is 10.2. The van der Waals surface area contributed by atoms with E-state index in [4.69, 9.17) is 13.3 Å². The first kappa shape index (κ1) is 17.6. The van der Waals surface area contributed by atoms with Crippen LogP contribution in [0.15, 0.2) is 0 Å². The largest absolute Gasteiger partial charge is 0.502 e. The third-order valence-electron chi connectivity index (χ3n) is 2.32. The van der Waals surface area contributed by atoms with Crippen LogP contribution >= 0.6 is 0 Å². The van der Waals surface area contributed by atoms with Gasteiger partial charge in [0.25, 0.3) is 0 Å². The Bertz CT molecular complexity index is 209. The van der Waals surface area contributed by atoms with Crippen LogP contribution in [0.25, 0.3) is 0 Å². The third kappa shape index (κ3) is 7.10. The van der Waals surface area contributed by atoms with Gasteiger partial charge in [0, 0.05) is 38.8 Å². The standard InChI is InChI=1S/C12H27NO4Si/c1-5-9-12(14)13-10-11-18(15-6-2,16-7-3)17-8-4/h5-11H2,1-4H3,(H,13,14). The van der Waals surface area contributed by atoms with Crippen molar-refractivity contribution >= 4 is 14.7 Å². The van der Waals surface area contributed by atoms with Gasteiger partial charge in [0.2, 0.25) is 5.91 Å². The quantitative estimate of drug-likeness (QED) is 0.587. The number of hydrogen-bond donors (Lipinski definition) is 1. The second-order valence-electron chi connectivity index (χ2n) is 3.83. The van der Waals surface area contributed by atoms with E-state index in [0.29, 0.717) is 38.8 Å². The van der Waals surface area contributed by atoms with Gasteiger partial charge < -0.3 is 18.6 Å².